The van der Waals surface area contributed by atoms with Crippen LogP contribution in [0.5, 0.6) is 0 Å². The molecular formula is C16H14F3NO2. The molecule has 0 bridgehead atoms. The van der Waals surface area contributed by atoms with Crippen LogP contribution in [0.15, 0.2) is 42.5 Å². The molecule has 0 amide bonds. The lowest BCUT2D eigenvalue weighted by Gasteiger charge is -2.11. The van der Waals surface area contributed by atoms with Gasteiger partial charge in [0.1, 0.15) is 5.69 Å². The van der Waals surface area contributed by atoms with Gasteiger partial charge in [-0.1, -0.05) is 30.3 Å². The smallest absolute Gasteiger partial charge is 0.433 e. The summed E-state index contributed by atoms with van der Waals surface area (Å²) in [6, 6.07) is 11.2. The second-order valence-electron chi connectivity index (χ2n) is 4.67. The lowest BCUT2D eigenvalue weighted by molar-refractivity contribution is -0.141. The molecule has 0 unspecified atom stereocenters. The van der Waals surface area contributed by atoms with Gasteiger partial charge in [-0.25, -0.2) is 9.78 Å². The Labute approximate surface area is 125 Å². The van der Waals surface area contributed by atoms with Crippen molar-refractivity contribution in [3.05, 3.63) is 65.0 Å². The first-order valence-electron chi connectivity index (χ1n) is 6.61. The van der Waals surface area contributed by atoms with Gasteiger partial charge in [-0.05, 0) is 30.5 Å². The van der Waals surface area contributed by atoms with Gasteiger partial charge in [-0.2, -0.15) is 13.2 Å². The fraction of sp³-hybridized carbons (Fsp3) is 0.250. The second-order valence-corrected chi connectivity index (χ2v) is 4.67. The molecule has 6 heteroatoms. The van der Waals surface area contributed by atoms with E-state index in [1.165, 1.54) is 7.11 Å². The molecule has 1 aromatic heterocycles. The van der Waals surface area contributed by atoms with Crippen LogP contribution >= 0.6 is 0 Å². The SMILES string of the molecule is COC(=O)c1ccc(C(F)(F)F)nc1CCc1ccccc1. The normalized spacial score (nSPS) is 11.3. The van der Waals surface area contributed by atoms with Gasteiger partial charge in [0.15, 0.2) is 0 Å². The maximum atomic E-state index is 12.8. The molecule has 0 spiro atoms. The fourth-order valence-corrected chi connectivity index (χ4v) is 2.05. The van der Waals surface area contributed by atoms with E-state index in [0.29, 0.717) is 6.42 Å². The summed E-state index contributed by atoms with van der Waals surface area (Å²) in [5, 5.41) is 0. The summed E-state index contributed by atoms with van der Waals surface area (Å²) in [5.41, 5.74) is 0.0951. The number of aryl methyl sites for hydroxylation is 2. The first kappa shape index (κ1) is 16.0. The third-order valence-electron chi connectivity index (χ3n) is 3.16. The van der Waals surface area contributed by atoms with Crippen molar-refractivity contribution in [1.29, 1.82) is 0 Å². The van der Waals surface area contributed by atoms with Gasteiger partial charge in [0.05, 0.1) is 18.4 Å². The lowest BCUT2D eigenvalue weighted by Crippen LogP contribution is -2.14. The van der Waals surface area contributed by atoms with Gasteiger partial charge in [0, 0.05) is 0 Å². The molecule has 0 saturated heterocycles. The predicted octanol–water partition coefficient (Wildman–Crippen LogP) is 3.67. The molecule has 0 atom stereocenters. The van der Waals surface area contributed by atoms with E-state index >= 15 is 0 Å². The highest BCUT2D eigenvalue weighted by Crippen LogP contribution is 2.28. The van der Waals surface area contributed by atoms with E-state index in [0.717, 1.165) is 17.7 Å². The summed E-state index contributed by atoms with van der Waals surface area (Å²) < 4.78 is 42.9. The third kappa shape index (κ3) is 3.84. The van der Waals surface area contributed by atoms with E-state index in [9.17, 15) is 18.0 Å². The monoisotopic (exact) mass is 309 g/mol. The summed E-state index contributed by atoms with van der Waals surface area (Å²) in [6.07, 6.45) is -3.84. The number of alkyl halides is 3. The van der Waals surface area contributed by atoms with Crippen LogP contribution in [0, 0.1) is 0 Å². The Morgan fingerprint density at radius 2 is 1.77 bits per heavy atom. The van der Waals surface area contributed by atoms with Crippen LogP contribution in [0.3, 0.4) is 0 Å². The Bertz CT molecular complexity index is 654. The number of ether oxygens (including phenoxy) is 1. The maximum Gasteiger partial charge on any atom is 0.433 e. The summed E-state index contributed by atoms with van der Waals surface area (Å²) in [6.45, 7) is 0. The Morgan fingerprint density at radius 3 is 2.36 bits per heavy atom. The van der Waals surface area contributed by atoms with Gasteiger partial charge in [-0.15, -0.1) is 0 Å². The van der Waals surface area contributed by atoms with E-state index in [-0.39, 0.29) is 17.7 Å². The van der Waals surface area contributed by atoms with Crippen molar-refractivity contribution in [1.82, 2.24) is 4.98 Å². The van der Waals surface area contributed by atoms with Crippen molar-refractivity contribution in [3.63, 3.8) is 0 Å². The number of methoxy groups -OCH3 is 1. The van der Waals surface area contributed by atoms with Crippen LogP contribution in [0.1, 0.15) is 27.3 Å². The van der Waals surface area contributed by atoms with Crippen molar-refractivity contribution >= 4 is 5.97 Å². The summed E-state index contributed by atoms with van der Waals surface area (Å²) >= 11 is 0. The van der Waals surface area contributed by atoms with E-state index in [2.05, 4.69) is 9.72 Å². The van der Waals surface area contributed by atoms with Crippen molar-refractivity contribution in [2.24, 2.45) is 0 Å². The van der Waals surface area contributed by atoms with Crippen LogP contribution in [-0.2, 0) is 23.8 Å². The molecule has 1 aromatic carbocycles. The molecule has 2 aromatic rings. The van der Waals surface area contributed by atoms with Gasteiger partial charge in [0.2, 0.25) is 0 Å². The fourth-order valence-electron chi connectivity index (χ4n) is 2.05. The van der Waals surface area contributed by atoms with Gasteiger partial charge in [-0.3, -0.25) is 0 Å². The molecule has 0 radical (unpaired) electrons. The zero-order chi connectivity index (χ0) is 16.2. The van der Waals surface area contributed by atoms with Crippen LogP contribution in [0.25, 0.3) is 0 Å². The maximum absolute atomic E-state index is 12.8. The van der Waals surface area contributed by atoms with Crippen molar-refractivity contribution in [2.75, 3.05) is 7.11 Å². The predicted molar refractivity (Wildman–Crippen MR) is 74.4 cm³/mol. The van der Waals surface area contributed by atoms with Crippen LogP contribution in [-0.4, -0.2) is 18.1 Å². The zero-order valence-electron chi connectivity index (χ0n) is 11.9. The Kier molecular flexibility index (Phi) is 4.80. The standard InChI is InChI=1S/C16H14F3NO2/c1-22-15(21)12-8-10-14(16(17,18)19)20-13(12)9-7-11-5-3-2-4-6-11/h2-6,8,10H,7,9H2,1H3. The molecule has 0 N–H and O–H groups in total. The summed E-state index contributed by atoms with van der Waals surface area (Å²) in [7, 11) is 1.18. The number of hydrogen-bond donors (Lipinski definition) is 0. The Balaban J connectivity index is 2.31. The molecule has 0 aliphatic carbocycles. The molecule has 1 heterocycles. The highest BCUT2D eigenvalue weighted by atomic mass is 19.4. The van der Waals surface area contributed by atoms with E-state index in [1.54, 1.807) is 0 Å². The molecule has 0 aliphatic rings. The molecule has 0 fully saturated rings. The third-order valence-corrected chi connectivity index (χ3v) is 3.16. The quantitative estimate of drug-likeness (QED) is 0.809. The Hall–Kier alpha value is -2.37. The summed E-state index contributed by atoms with van der Waals surface area (Å²) in [4.78, 5) is 15.3. The van der Waals surface area contributed by atoms with Crippen molar-refractivity contribution in [3.8, 4) is 0 Å². The highest BCUT2D eigenvalue weighted by Gasteiger charge is 2.33. The molecule has 22 heavy (non-hydrogen) atoms. The highest BCUT2D eigenvalue weighted by molar-refractivity contribution is 5.90. The number of rotatable bonds is 4. The number of pyridine rings is 1. The zero-order valence-corrected chi connectivity index (χ0v) is 11.9. The second kappa shape index (κ2) is 6.60. The lowest BCUT2D eigenvalue weighted by atomic mass is 10.0. The number of esters is 1. The molecule has 2 rings (SSSR count). The number of nitrogens with zero attached hydrogens (tertiary/aromatic N) is 1. The van der Waals surface area contributed by atoms with Crippen LogP contribution < -0.4 is 0 Å². The largest absolute Gasteiger partial charge is 0.465 e. The number of carbonyl (C=O) groups is 1. The minimum Gasteiger partial charge on any atom is -0.465 e. The first-order valence-corrected chi connectivity index (χ1v) is 6.61. The average molecular weight is 309 g/mol. The van der Waals surface area contributed by atoms with Crippen molar-refractivity contribution in [2.45, 2.75) is 19.0 Å². The van der Waals surface area contributed by atoms with E-state index in [4.69, 9.17) is 0 Å². The Morgan fingerprint density at radius 1 is 1.09 bits per heavy atom. The molecule has 3 nitrogen and oxygen atoms in total. The van der Waals surface area contributed by atoms with Gasteiger partial charge in [0.25, 0.3) is 0 Å². The summed E-state index contributed by atoms with van der Waals surface area (Å²) in [5.74, 6) is -0.690. The number of carbonyl (C=O) groups excluding carboxylic acids is 1. The van der Waals surface area contributed by atoms with Gasteiger partial charge >= 0.3 is 12.1 Å². The topological polar surface area (TPSA) is 39.2 Å². The minimum absolute atomic E-state index is 0.0615. The number of halogens is 3. The average Bonchev–Trinajstić information content (AvgIpc) is 2.52. The number of benzene rings is 1. The minimum atomic E-state index is -4.55. The van der Waals surface area contributed by atoms with E-state index in [1.807, 2.05) is 30.3 Å². The molecule has 0 aliphatic heterocycles. The molecule has 116 valence electrons. The van der Waals surface area contributed by atoms with Crippen LogP contribution in [0.2, 0.25) is 0 Å². The number of hydrogen-bond acceptors (Lipinski definition) is 3. The van der Waals surface area contributed by atoms with Crippen molar-refractivity contribution < 1.29 is 22.7 Å². The molecule has 0 saturated carbocycles. The molecular weight excluding hydrogens is 295 g/mol. The first-order chi connectivity index (χ1) is 10.4. The van der Waals surface area contributed by atoms with Gasteiger partial charge < -0.3 is 4.74 Å². The number of aromatic nitrogens is 1. The van der Waals surface area contributed by atoms with Crippen LogP contribution in [0.4, 0.5) is 13.2 Å². The van der Waals surface area contributed by atoms with E-state index < -0.39 is 17.8 Å².